The van der Waals surface area contributed by atoms with Gasteiger partial charge in [-0.05, 0) is 38.5 Å². The Bertz CT molecular complexity index is 963. The molecule has 0 bridgehead atoms. The van der Waals surface area contributed by atoms with Crippen molar-refractivity contribution >= 4 is 23.5 Å². The number of carbonyl (C=O) groups excluding carboxylic acids is 2. The van der Waals surface area contributed by atoms with Crippen molar-refractivity contribution in [2.75, 3.05) is 12.4 Å². The normalized spacial score (nSPS) is 10.8. The van der Waals surface area contributed by atoms with Crippen molar-refractivity contribution in [1.82, 2.24) is 19.7 Å². The number of ether oxygens (including phenoxy) is 1. The fraction of sp³-hybridized carbons (Fsp3) is 0.263. The van der Waals surface area contributed by atoms with Crippen LogP contribution in [0.1, 0.15) is 39.0 Å². The Morgan fingerprint density at radius 1 is 1.22 bits per heavy atom. The summed E-state index contributed by atoms with van der Waals surface area (Å²) in [5.74, 6) is -0.354. The number of nitrogens with one attached hydrogen (secondary N) is 1. The monoisotopic (exact) mass is 384 g/mol. The highest BCUT2D eigenvalue weighted by molar-refractivity contribution is 7.99. The van der Waals surface area contributed by atoms with Crippen molar-refractivity contribution in [1.29, 1.82) is 0 Å². The number of carbonyl (C=O) groups is 2. The predicted octanol–water partition coefficient (Wildman–Crippen LogP) is 3.36. The molecule has 1 aromatic carbocycles. The van der Waals surface area contributed by atoms with Gasteiger partial charge in [-0.25, -0.2) is 4.79 Å². The number of benzene rings is 1. The number of nitrogens with zero attached hydrogens (tertiary/aromatic N) is 3. The molecule has 0 spiro atoms. The molecule has 140 valence electrons. The highest BCUT2D eigenvalue weighted by atomic mass is 32.2. The minimum Gasteiger partial charge on any atom is -0.462 e. The van der Waals surface area contributed by atoms with Crippen LogP contribution in [0.25, 0.3) is 5.69 Å². The van der Waals surface area contributed by atoms with Crippen molar-refractivity contribution < 1.29 is 14.3 Å². The van der Waals surface area contributed by atoms with Gasteiger partial charge < -0.3 is 9.72 Å². The summed E-state index contributed by atoms with van der Waals surface area (Å²) >= 11 is 1.30. The van der Waals surface area contributed by atoms with Crippen molar-refractivity contribution in [3.63, 3.8) is 0 Å². The van der Waals surface area contributed by atoms with Gasteiger partial charge in [0.2, 0.25) is 0 Å². The Labute approximate surface area is 161 Å². The molecule has 1 N–H and O–H groups in total. The summed E-state index contributed by atoms with van der Waals surface area (Å²) in [4.78, 5) is 27.8. The van der Waals surface area contributed by atoms with E-state index in [1.165, 1.54) is 11.8 Å². The number of Topliss-reactive ketones (excluding diaryl/α,β-unsaturated/α-hetero) is 1. The van der Waals surface area contributed by atoms with E-state index >= 15 is 0 Å². The van der Waals surface area contributed by atoms with E-state index in [9.17, 15) is 9.59 Å². The number of hydrogen-bond acceptors (Lipinski definition) is 6. The lowest BCUT2D eigenvalue weighted by atomic mass is 10.1. The van der Waals surface area contributed by atoms with Gasteiger partial charge in [-0.3, -0.25) is 9.36 Å². The van der Waals surface area contributed by atoms with Crippen LogP contribution >= 0.6 is 11.8 Å². The van der Waals surface area contributed by atoms with Gasteiger partial charge in [0.1, 0.15) is 6.33 Å². The largest absolute Gasteiger partial charge is 0.462 e. The molecule has 0 aliphatic rings. The van der Waals surface area contributed by atoms with E-state index in [-0.39, 0.29) is 18.1 Å². The summed E-state index contributed by atoms with van der Waals surface area (Å²) in [5, 5.41) is 8.66. The van der Waals surface area contributed by atoms with Gasteiger partial charge in [-0.1, -0.05) is 30.0 Å². The molecule has 0 saturated heterocycles. The third kappa shape index (κ3) is 3.95. The average Bonchev–Trinajstić information content (AvgIpc) is 3.25. The second-order valence-corrected chi connectivity index (χ2v) is 6.82. The Kier molecular flexibility index (Phi) is 5.75. The van der Waals surface area contributed by atoms with Crippen LogP contribution in [0.4, 0.5) is 0 Å². The van der Waals surface area contributed by atoms with E-state index in [4.69, 9.17) is 4.74 Å². The van der Waals surface area contributed by atoms with E-state index in [1.54, 1.807) is 27.1 Å². The number of thioether (sulfide) groups is 1. The number of para-hydroxylation sites is 1. The first-order chi connectivity index (χ1) is 13.0. The van der Waals surface area contributed by atoms with Crippen LogP contribution in [0.2, 0.25) is 0 Å². The van der Waals surface area contributed by atoms with Gasteiger partial charge in [0.25, 0.3) is 0 Å². The van der Waals surface area contributed by atoms with Crippen LogP contribution in [0, 0.1) is 13.8 Å². The van der Waals surface area contributed by atoms with Gasteiger partial charge in [-0.15, -0.1) is 10.2 Å². The first kappa shape index (κ1) is 18.9. The molecule has 0 aliphatic heterocycles. The van der Waals surface area contributed by atoms with Gasteiger partial charge >= 0.3 is 5.97 Å². The fourth-order valence-electron chi connectivity index (χ4n) is 2.83. The summed E-state index contributed by atoms with van der Waals surface area (Å²) < 4.78 is 6.90. The summed E-state index contributed by atoms with van der Waals surface area (Å²) in [6.45, 7) is 5.55. The van der Waals surface area contributed by atoms with Gasteiger partial charge in [-0.2, -0.15) is 0 Å². The minimum absolute atomic E-state index is 0.112. The second kappa shape index (κ2) is 8.22. The third-order valence-corrected chi connectivity index (χ3v) is 5.02. The van der Waals surface area contributed by atoms with Crippen molar-refractivity contribution in [2.24, 2.45) is 0 Å². The lowest BCUT2D eigenvalue weighted by molar-refractivity contribution is 0.0525. The highest BCUT2D eigenvalue weighted by Gasteiger charge is 2.23. The van der Waals surface area contributed by atoms with E-state index in [1.807, 2.05) is 34.9 Å². The number of aryl methyl sites for hydroxylation is 1. The van der Waals surface area contributed by atoms with Crippen LogP contribution < -0.4 is 0 Å². The predicted molar refractivity (Wildman–Crippen MR) is 103 cm³/mol. The van der Waals surface area contributed by atoms with Crippen LogP contribution in [0.3, 0.4) is 0 Å². The lowest BCUT2D eigenvalue weighted by Crippen LogP contribution is -2.09. The van der Waals surface area contributed by atoms with E-state index in [2.05, 4.69) is 15.2 Å². The molecule has 2 heterocycles. The fourth-order valence-corrected chi connectivity index (χ4v) is 3.63. The smallest absolute Gasteiger partial charge is 0.340 e. The van der Waals surface area contributed by atoms with Crippen LogP contribution in [-0.4, -0.2) is 43.9 Å². The maximum Gasteiger partial charge on any atom is 0.340 e. The van der Waals surface area contributed by atoms with Crippen LogP contribution in [0.5, 0.6) is 0 Å². The first-order valence-corrected chi connectivity index (χ1v) is 9.49. The molecule has 0 amide bonds. The molecular weight excluding hydrogens is 364 g/mol. The number of esters is 1. The summed E-state index contributed by atoms with van der Waals surface area (Å²) in [6.07, 6.45) is 1.62. The van der Waals surface area contributed by atoms with Gasteiger partial charge in [0.15, 0.2) is 10.9 Å². The molecule has 3 aromatic rings. The highest BCUT2D eigenvalue weighted by Crippen LogP contribution is 2.24. The number of H-pyrrole nitrogens is 1. The molecule has 0 radical (unpaired) electrons. The topological polar surface area (TPSA) is 89.9 Å². The maximum absolute atomic E-state index is 12.7. The molecular formula is C19H20N4O3S. The molecule has 0 saturated carbocycles. The van der Waals surface area contributed by atoms with E-state index < -0.39 is 5.97 Å². The zero-order chi connectivity index (χ0) is 19.4. The summed E-state index contributed by atoms with van der Waals surface area (Å²) in [6, 6.07) is 9.67. The number of aromatic amines is 1. The number of rotatable bonds is 7. The third-order valence-electron chi connectivity index (χ3n) is 4.08. The van der Waals surface area contributed by atoms with Gasteiger partial charge in [0.05, 0.1) is 23.6 Å². The zero-order valence-electron chi connectivity index (χ0n) is 15.4. The van der Waals surface area contributed by atoms with Gasteiger partial charge in [0, 0.05) is 11.4 Å². The van der Waals surface area contributed by atoms with Crippen LogP contribution in [-0.2, 0) is 4.74 Å². The standard InChI is InChI=1S/C19H20N4O3S/c1-4-26-18(25)16-12(2)17(21-13(16)3)15(24)10-27-19-22-20-11-23(19)14-8-6-5-7-9-14/h5-9,11,21H,4,10H2,1-3H3. The summed E-state index contributed by atoms with van der Waals surface area (Å²) in [7, 11) is 0. The molecule has 2 aromatic heterocycles. The second-order valence-electron chi connectivity index (χ2n) is 5.88. The number of aromatic nitrogens is 4. The van der Waals surface area contributed by atoms with Crippen molar-refractivity contribution in [3.05, 3.63) is 59.2 Å². The average molecular weight is 384 g/mol. The van der Waals surface area contributed by atoms with E-state index in [0.29, 0.717) is 27.7 Å². The van der Waals surface area contributed by atoms with Crippen LogP contribution in [0.15, 0.2) is 41.8 Å². The molecule has 7 nitrogen and oxygen atoms in total. The molecule has 0 aliphatic carbocycles. The Morgan fingerprint density at radius 3 is 2.67 bits per heavy atom. The Morgan fingerprint density at radius 2 is 1.96 bits per heavy atom. The quantitative estimate of drug-likeness (QED) is 0.382. The molecule has 0 atom stereocenters. The molecule has 3 rings (SSSR count). The summed E-state index contributed by atoms with van der Waals surface area (Å²) in [5.41, 5.74) is 3.02. The molecule has 8 heteroatoms. The molecule has 27 heavy (non-hydrogen) atoms. The maximum atomic E-state index is 12.7. The van der Waals surface area contributed by atoms with E-state index in [0.717, 1.165) is 5.69 Å². The number of ketones is 1. The van der Waals surface area contributed by atoms with Crippen molar-refractivity contribution in [3.8, 4) is 5.69 Å². The Hall–Kier alpha value is -2.87. The number of hydrogen-bond donors (Lipinski definition) is 1. The molecule has 0 fully saturated rings. The zero-order valence-corrected chi connectivity index (χ0v) is 16.2. The lowest BCUT2D eigenvalue weighted by Gasteiger charge is -2.05. The Balaban J connectivity index is 1.76. The SMILES string of the molecule is CCOC(=O)c1c(C)[nH]c(C(=O)CSc2nncn2-c2ccccc2)c1C. The molecule has 0 unspecified atom stereocenters. The van der Waals surface area contributed by atoms with Crippen molar-refractivity contribution in [2.45, 2.75) is 25.9 Å². The first-order valence-electron chi connectivity index (χ1n) is 8.50. The minimum atomic E-state index is -0.417.